The molecular weight excluding hydrogens is 208 g/mol. The number of carbonyl (C=O) groups is 1. The van der Waals surface area contributed by atoms with Gasteiger partial charge in [-0.2, -0.15) is 5.10 Å². The predicted molar refractivity (Wildman–Crippen MR) is 56.8 cm³/mol. The molecule has 16 heavy (non-hydrogen) atoms. The molecule has 1 aliphatic rings. The Hall–Kier alpha value is -1.36. The molecule has 1 atom stereocenters. The molecule has 0 radical (unpaired) electrons. The minimum atomic E-state index is -1.53. The molecule has 88 valence electrons. The molecule has 1 fully saturated rings. The smallest absolute Gasteiger partial charge is 0.339 e. The number of hydrogen-bond donors (Lipinski definition) is 1. The Morgan fingerprint density at radius 1 is 1.75 bits per heavy atom. The molecular formula is C11H16N2O3. The van der Waals surface area contributed by atoms with Gasteiger partial charge in [-0.25, -0.2) is 4.79 Å². The first-order valence-electron chi connectivity index (χ1n) is 5.37. The Balaban J connectivity index is 2.04. The molecule has 5 heteroatoms. The average Bonchev–Trinajstić information content (AvgIpc) is 2.99. The van der Waals surface area contributed by atoms with Gasteiger partial charge >= 0.3 is 5.97 Å². The second kappa shape index (κ2) is 3.90. The summed E-state index contributed by atoms with van der Waals surface area (Å²) in [7, 11) is 1.26. The van der Waals surface area contributed by atoms with Crippen molar-refractivity contribution >= 4 is 5.97 Å². The maximum atomic E-state index is 11.3. The lowest BCUT2D eigenvalue weighted by Crippen LogP contribution is -2.40. The van der Waals surface area contributed by atoms with Crippen molar-refractivity contribution in [1.82, 2.24) is 9.78 Å². The molecule has 1 aromatic rings. The van der Waals surface area contributed by atoms with E-state index in [4.69, 9.17) is 0 Å². The zero-order chi connectivity index (χ0) is 11.8. The number of aromatic nitrogens is 2. The number of ether oxygens (including phenoxy) is 1. The van der Waals surface area contributed by atoms with E-state index in [2.05, 4.69) is 9.84 Å². The molecule has 0 aromatic carbocycles. The van der Waals surface area contributed by atoms with Gasteiger partial charge in [-0.1, -0.05) is 0 Å². The van der Waals surface area contributed by atoms with Crippen LogP contribution in [0, 0.1) is 0 Å². The van der Waals surface area contributed by atoms with Crippen molar-refractivity contribution < 1.29 is 14.6 Å². The third kappa shape index (κ3) is 2.24. The first kappa shape index (κ1) is 11.1. The van der Waals surface area contributed by atoms with E-state index in [-0.39, 0.29) is 6.54 Å². The number of aliphatic hydroxyl groups is 1. The second-order valence-electron chi connectivity index (χ2n) is 4.48. The molecule has 1 saturated carbocycles. The van der Waals surface area contributed by atoms with Gasteiger partial charge in [0.25, 0.3) is 0 Å². The van der Waals surface area contributed by atoms with Crippen LogP contribution in [0.15, 0.2) is 12.3 Å². The molecule has 2 rings (SSSR count). The Bertz CT molecular complexity index is 394. The van der Waals surface area contributed by atoms with E-state index in [1.807, 2.05) is 6.07 Å². The Morgan fingerprint density at radius 2 is 2.44 bits per heavy atom. The highest BCUT2D eigenvalue weighted by molar-refractivity contribution is 5.78. The summed E-state index contributed by atoms with van der Waals surface area (Å²) in [6.07, 6.45) is 4.15. The van der Waals surface area contributed by atoms with Crippen molar-refractivity contribution in [3.63, 3.8) is 0 Å². The summed E-state index contributed by atoms with van der Waals surface area (Å²) in [5, 5.41) is 14.2. The standard InChI is InChI=1S/C11H16N2O3/c1-11(15,10(14)16-2)7-13-6-5-9(12-13)8-3-4-8/h5-6,8,15H,3-4,7H2,1-2H3. The first-order valence-corrected chi connectivity index (χ1v) is 5.37. The van der Waals surface area contributed by atoms with E-state index in [1.165, 1.54) is 26.9 Å². The van der Waals surface area contributed by atoms with Crippen LogP contribution in [0.3, 0.4) is 0 Å². The van der Waals surface area contributed by atoms with Gasteiger partial charge in [0.15, 0.2) is 5.60 Å². The Kier molecular flexibility index (Phi) is 2.71. The van der Waals surface area contributed by atoms with Crippen LogP contribution in [0.5, 0.6) is 0 Å². The number of methoxy groups -OCH3 is 1. The molecule has 1 unspecified atom stereocenters. The third-order valence-corrected chi connectivity index (χ3v) is 2.75. The summed E-state index contributed by atoms with van der Waals surface area (Å²) in [5.74, 6) is -0.0692. The zero-order valence-corrected chi connectivity index (χ0v) is 9.51. The molecule has 1 heterocycles. The van der Waals surface area contributed by atoms with Crippen LogP contribution >= 0.6 is 0 Å². The van der Waals surface area contributed by atoms with Crippen molar-refractivity contribution in [3.8, 4) is 0 Å². The Morgan fingerprint density at radius 3 is 3.00 bits per heavy atom. The van der Waals surface area contributed by atoms with Crippen molar-refractivity contribution in [2.75, 3.05) is 7.11 Å². The van der Waals surface area contributed by atoms with E-state index in [9.17, 15) is 9.90 Å². The first-order chi connectivity index (χ1) is 7.53. The van der Waals surface area contributed by atoms with Gasteiger partial charge in [0.2, 0.25) is 0 Å². The quantitative estimate of drug-likeness (QED) is 0.764. The minimum Gasteiger partial charge on any atom is -0.467 e. The average molecular weight is 224 g/mol. The normalized spacial score (nSPS) is 19.2. The summed E-state index contributed by atoms with van der Waals surface area (Å²) in [6.45, 7) is 1.55. The predicted octanol–water partition coefficient (Wildman–Crippen LogP) is 0.684. The molecule has 0 amide bonds. The number of esters is 1. The highest BCUT2D eigenvalue weighted by Crippen LogP contribution is 2.38. The maximum Gasteiger partial charge on any atom is 0.339 e. The summed E-state index contributed by atoms with van der Waals surface area (Å²) in [5.41, 5.74) is -0.484. The molecule has 0 spiro atoms. The number of hydrogen-bond acceptors (Lipinski definition) is 4. The monoisotopic (exact) mass is 224 g/mol. The van der Waals surface area contributed by atoms with Gasteiger partial charge in [0.1, 0.15) is 0 Å². The fourth-order valence-corrected chi connectivity index (χ4v) is 1.66. The summed E-state index contributed by atoms with van der Waals surface area (Å²) < 4.78 is 6.11. The molecule has 1 aromatic heterocycles. The van der Waals surface area contributed by atoms with Crippen LogP contribution in [0.2, 0.25) is 0 Å². The number of rotatable bonds is 4. The van der Waals surface area contributed by atoms with Crippen molar-refractivity contribution in [1.29, 1.82) is 0 Å². The van der Waals surface area contributed by atoms with E-state index in [1.54, 1.807) is 10.9 Å². The van der Waals surface area contributed by atoms with E-state index >= 15 is 0 Å². The number of carbonyl (C=O) groups excluding carboxylic acids is 1. The van der Waals surface area contributed by atoms with E-state index in [0.29, 0.717) is 5.92 Å². The molecule has 0 aliphatic heterocycles. The van der Waals surface area contributed by atoms with Crippen LogP contribution in [0.1, 0.15) is 31.4 Å². The fraction of sp³-hybridized carbons (Fsp3) is 0.636. The van der Waals surface area contributed by atoms with Gasteiger partial charge in [0.05, 0.1) is 19.3 Å². The molecule has 0 saturated heterocycles. The third-order valence-electron chi connectivity index (χ3n) is 2.75. The van der Waals surface area contributed by atoms with Gasteiger partial charge in [0, 0.05) is 12.1 Å². The largest absolute Gasteiger partial charge is 0.467 e. The molecule has 1 aliphatic carbocycles. The molecule has 1 N–H and O–H groups in total. The number of nitrogens with zero attached hydrogens (tertiary/aromatic N) is 2. The van der Waals surface area contributed by atoms with E-state index in [0.717, 1.165) is 5.69 Å². The summed E-state index contributed by atoms with van der Waals surface area (Å²) in [6, 6.07) is 1.94. The highest BCUT2D eigenvalue weighted by Gasteiger charge is 2.33. The Labute approximate surface area is 94.0 Å². The van der Waals surface area contributed by atoms with Crippen LogP contribution < -0.4 is 0 Å². The van der Waals surface area contributed by atoms with Gasteiger partial charge < -0.3 is 9.84 Å². The van der Waals surface area contributed by atoms with Crippen molar-refractivity contribution in [3.05, 3.63) is 18.0 Å². The maximum absolute atomic E-state index is 11.3. The van der Waals surface area contributed by atoms with Gasteiger partial charge in [-0.3, -0.25) is 4.68 Å². The lowest BCUT2D eigenvalue weighted by Gasteiger charge is -2.19. The minimum absolute atomic E-state index is 0.117. The van der Waals surface area contributed by atoms with Crippen LogP contribution in [-0.2, 0) is 16.1 Å². The topological polar surface area (TPSA) is 64.3 Å². The van der Waals surface area contributed by atoms with Gasteiger partial charge in [-0.15, -0.1) is 0 Å². The van der Waals surface area contributed by atoms with Crippen LogP contribution in [0.25, 0.3) is 0 Å². The van der Waals surface area contributed by atoms with Crippen molar-refractivity contribution in [2.24, 2.45) is 0 Å². The highest BCUT2D eigenvalue weighted by atomic mass is 16.5. The van der Waals surface area contributed by atoms with Crippen LogP contribution in [-0.4, -0.2) is 33.6 Å². The molecule has 5 nitrogen and oxygen atoms in total. The van der Waals surface area contributed by atoms with Gasteiger partial charge in [-0.05, 0) is 25.8 Å². The van der Waals surface area contributed by atoms with Crippen LogP contribution in [0.4, 0.5) is 0 Å². The van der Waals surface area contributed by atoms with E-state index < -0.39 is 11.6 Å². The lowest BCUT2D eigenvalue weighted by molar-refractivity contribution is -0.162. The lowest BCUT2D eigenvalue weighted by atomic mass is 10.1. The summed E-state index contributed by atoms with van der Waals surface area (Å²) >= 11 is 0. The SMILES string of the molecule is COC(=O)C(C)(O)Cn1ccc(C2CC2)n1. The second-order valence-corrected chi connectivity index (χ2v) is 4.48. The van der Waals surface area contributed by atoms with Crippen molar-refractivity contribution in [2.45, 2.75) is 37.8 Å². The molecule has 0 bridgehead atoms. The zero-order valence-electron chi connectivity index (χ0n) is 9.51. The summed E-state index contributed by atoms with van der Waals surface area (Å²) in [4.78, 5) is 11.3. The fourth-order valence-electron chi connectivity index (χ4n) is 1.66.